The summed E-state index contributed by atoms with van der Waals surface area (Å²) in [7, 11) is 1.28. The molecule has 1 unspecified atom stereocenters. The molecule has 0 aliphatic rings. The highest BCUT2D eigenvalue weighted by Gasteiger charge is 2.35. The number of nitrogens with one attached hydrogen (secondary N) is 1. The second kappa shape index (κ2) is 7.40. The summed E-state index contributed by atoms with van der Waals surface area (Å²) in [6.45, 7) is 3.37. The third-order valence-electron chi connectivity index (χ3n) is 3.06. The number of methoxy groups -OCH3 is 1. The van der Waals surface area contributed by atoms with Gasteiger partial charge in [-0.15, -0.1) is 0 Å². The molecule has 7 heteroatoms. The van der Waals surface area contributed by atoms with Gasteiger partial charge in [-0.05, 0) is 35.3 Å². The van der Waals surface area contributed by atoms with Gasteiger partial charge in [-0.1, -0.05) is 13.3 Å². The smallest absolute Gasteiger partial charge is 0.331 e. The number of carbonyl (C=O) groups excluding carboxylic acids is 2. The number of rotatable bonds is 6. The zero-order valence-electron chi connectivity index (χ0n) is 12.3. The molecule has 1 amide bonds. The number of hydrogen-bond acceptors (Lipinski definition) is 4. The van der Waals surface area contributed by atoms with Crippen LogP contribution in [0.5, 0.6) is 0 Å². The summed E-state index contributed by atoms with van der Waals surface area (Å²) in [5.74, 6) is -0.921. The van der Waals surface area contributed by atoms with E-state index in [9.17, 15) is 14.4 Å². The molecular formula is C14H19BrN2O4. The van der Waals surface area contributed by atoms with E-state index < -0.39 is 17.4 Å². The Morgan fingerprint density at radius 3 is 2.67 bits per heavy atom. The summed E-state index contributed by atoms with van der Waals surface area (Å²) in [5.41, 5.74) is -1.38. The number of pyridine rings is 1. The van der Waals surface area contributed by atoms with Gasteiger partial charge in [0.05, 0.1) is 7.11 Å². The van der Waals surface area contributed by atoms with E-state index in [1.54, 1.807) is 13.0 Å². The first-order valence-corrected chi connectivity index (χ1v) is 7.37. The van der Waals surface area contributed by atoms with Crippen molar-refractivity contribution in [3.63, 3.8) is 0 Å². The molecule has 0 saturated carbocycles. The topological polar surface area (TPSA) is 77.4 Å². The van der Waals surface area contributed by atoms with Crippen molar-refractivity contribution in [2.75, 3.05) is 7.11 Å². The third-order valence-corrected chi connectivity index (χ3v) is 3.53. The van der Waals surface area contributed by atoms with Crippen molar-refractivity contribution in [1.82, 2.24) is 9.88 Å². The van der Waals surface area contributed by atoms with Crippen LogP contribution in [0, 0.1) is 0 Å². The molecule has 0 aliphatic heterocycles. The molecule has 1 rings (SSSR count). The molecule has 21 heavy (non-hydrogen) atoms. The summed E-state index contributed by atoms with van der Waals surface area (Å²) in [6.07, 6.45) is 2.69. The Morgan fingerprint density at radius 2 is 2.10 bits per heavy atom. The van der Waals surface area contributed by atoms with E-state index in [0.29, 0.717) is 17.3 Å². The molecule has 116 valence electrons. The molecule has 0 saturated heterocycles. The predicted molar refractivity (Wildman–Crippen MR) is 81.9 cm³/mol. The molecular weight excluding hydrogens is 340 g/mol. The Labute approximate surface area is 131 Å². The molecule has 1 aromatic heterocycles. The Balaban J connectivity index is 2.86. The molecule has 0 fully saturated rings. The van der Waals surface area contributed by atoms with Crippen LogP contribution in [-0.2, 0) is 20.9 Å². The van der Waals surface area contributed by atoms with Crippen molar-refractivity contribution in [3.05, 3.63) is 33.2 Å². The van der Waals surface area contributed by atoms with Gasteiger partial charge in [0, 0.05) is 16.7 Å². The second-order valence-electron chi connectivity index (χ2n) is 4.94. The lowest BCUT2D eigenvalue weighted by Crippen LogP contribution is -2.53. The van der Waals surface area contributed by atoms with E-state index in [1.807, 2.05) is 6.92 Å². The maximum atomic E-state index is 12.1. The van der Waals surface area contributed by atoms with Gasteiger partial charge in [-0.3, -0.25) is 9.59 Å². The monoisotopic (exact) mass is 358 g/mol. The fourth-order valence-electron chi connectivity index (χ4n) is 2.07. The van der Waals surface area contributed by atoms with Crippen LogP contribution in [0.15, 0.2) is 27.6 Å². The number of carbonyl (C=O) groups is 2. The minimum Gasteiger partial charge on any atom is -0.467 e. The summed E-state index contributed by atoms with van der Waals surface area (Å²) in [5, 5.41) is 2.65. The van der Waals surface area contributed by atoms with Crippen LogP contribution in [0.3, 0.4) is 0 Å². The highest BCUT2D eigenvalue weighted by Crippen LogP contribution is 2.14. The maximum absolute atomic E-state index is 12.1. The fraction of sp³-hybridized carbons (Fsp3) is 0.500. The third kappa shape index (κ3) is 4.70. The Morgan fingerprint density at radius 1 is 1.43 bits per heavy atom. The van der Waals surface area contributed by atoms with E-state index in [2.05, 4.69) is 21.2 Å². The molecule has 1 heterocycles. The minimum atomic E-state index is -1.09. The van der Waals surface area contributed by atoms with E-state index >= 15 is 0 Å². The highest BCUT2D eigenvalue weighted by atomic mass is 79.9. The van der Waals surface area contributed by atoms with Gasteiger partial charge in [0.25, 0.3) is 5.56 Å². The summed E-state index contributed by atoms with van der Waals surface area (Å²) in [6, 6.07) is 2.97. The highest BCUT2D eigenvalue weighted by molar-refractivity contribution is 9.10. The largest absolute Gasteiger partial charge is 0.467 e. The Kier molecular flexibility index (Phi) is 6.14. The van der Waals surface area contributed by atoms with E-state index in [4.69, 9.17) is 4.74 Å². The number of amides is 1. The summed E-state index contributed by atoms with van der Waals surface area (Å²) in [4.78, 5) is 35.6. The molecule has 1 N–H and O–H groups in total. The van der Waals surface area contributed by atoms with Gasteiger partial charge >= 0.3 is 5.97 Å². The molecule has 0 aromatic carbocycles. The number of ether oxygens (including phenoxy) is 1. The maximum Gasteiger partial charge on any atom is 0.331 e. The van der Waals surface area contributed by atoms with Crippen LogP contribution in [0.25, 0.3) is 0 Å². The first kappa shape index (κ1) is 17.4. The van der Waals surface area contributed by atoms with Crippen LogP contribution >= 0.6 is 15.9 Å². The second-order valence-corrected chi connectivity index (χ2v) is 5.85. The lowest BCUT2D eigenvalue weighted by Gasteiger charge is -2.27. The average molecular weight is 359 g/mol. The van der Waals surface area contributed by atoms with Crippen molar-refractivity contribution in [3.8, 4) is 0 Å². The molecule has 0 spiro atoms. The van der Waals surface area contributed by atoms with Crippen LogP contribution in [0.1, 0.15) is 26.7 Å². The molecule has 0 radical (unpaired) electrons. The van der Waals surface area contributed by atoms with Gasteiger partial charge in [0.15, 0.2) is 0 Å². The fourth-order valence-corrected chi connectivity index (χ4v) is 2.45. The molecule has 1 aromatic rings. The van der Waals surface area contributed by atoms with Gasteiger partial charge < -0.3 is 14.6 Å². The zero-order chi connectivity index (χ0) is 16.0. The number of esters is 1. The normalized spacial score (nSPS) is 13.3. The first-order valence-electron chi connectivity index (χ1n) is 6.58. The van der Waals surface area contributed by atoms with E-state index in [0.717, 1.165) is 0 Å². The summed E-state index contributed by atoms with van der Waals surface area (Å²) >= 11 is 3.24. The Hall–Kier alpha value is -1.63. The average Bonchev–Trinajstić information content (AvgIpc) is 2.42. The molecule has 1 atom stereocenters. The van der Waals surface area contributed by atoms with Crippen molar-refractivity contribution in [2.24, 2.45) is 0 Å². The van der Waals surface area contributed by atoms with Crippen molar-refractivity contribution in [2.45, 2.75) is 38.8 Å². The van der Waals surface area contributed by atoms with Crippen LogP contribution in [-0.4, -0.2) is 29.1 Å². The molecule has 6 nitrogen and oxygen atoms in total. The SMILES string of the molecule is CCCC(C)(NC(=O)Cn1cc(Br)ccc1=O)C(=O)OC. The van der Waals surface area contributed by atoms with Crippen molar-refractivity contribution >= 4 is 27.8 Å². The summed E-state index contributed by atoms with van der Waals surface area (Å²) < 4.78 is 6.69. The minimum absolute atomic E-state index is 0.158. The number of aromatic nitrogens is 1. The van der Waals surface area contributed by atoms with Crippen molar-refractivity contribution in [1.29, 1.82) is 0 Å². The van der Waals surface area contributed by atoms with Crippen LogP contribution in [0.2, 0.25) is 0 Å². The lowest BCUT2D eigenvalue weighted by atomic mass is 9.96. The quantitative estimate of drug-likeness (QED) is 0.781. The van der Waals surface area contributed by atoms with Crippen LogP contribution in [0.4, 0.5) is 0 Å². The predicted octanol–water partition coefficient (Wildman–Crippen LogP) is 1.46. The van der Waals surface area contributed by atoms with Gasteiger partial charge in [-0.25, -0.2) is 4.79 Å². The molecule has 0 aliphatic carbocycles. The van der Waals surface area contributed by atoms with Crippen molar-refractivity contribution < 1.29 is 14.3 Å². The first-order chi connectivity index (χ1) is 9.82. The molecule has 0 bridgehead atoms. The van der Waals surface area contributed by atoms with Gasteiger partial charge in [-0.2, -0.15) is 0 Å². The van der Waals surface area contributed by atoms with Gasteiger partial charge in [0.1, 0.15) is 12.1 Å². The van der Waals surface area contributed by atoms with Gasteiger partial charge in [0.2, 0.25) is 5.91 Å². The zero-order valence-corrected chi connectivity index (χ0v) is 13.9. The van der Waals surface area contributed by atoms with E-state index in [1.165, 1.54) is 23.9 Å². The van der Waals surface area contributed by atoms with Crippen LogP contribution < -0.4 is 10.9 Å². The number of hydrogen-bond donors (Lipinski definition) is 1. The number of halogens is 1. The Bertz CT molecular complexity index is 585. The number of nitrogens with zero attached hydrogens (tertiary/aromatic N) is 1. The van der Waals surface area contributed by atoms with E-state index in [-0.39, 0.29) is 12.1 Å². The lowest BCUT2D eigenvalue weighted by molar-refractivity contribution is -0.150. The standard InChI is InChI=1S/C14H19BrN2O4/c1-4-7-14(2,13(20)21-3)16-11(18)9-17-8-10(15)5-6-12(17)19/h5-6,8H,4,7,9H2,1-3H3,(H,16,18).